The minimum atomic E-state index is 0.981. The molecule has 0 radical (unpaired) electrons. The molecule has 0 saturated carbocycles. The second-order valence-electron chi connectivity index (χ2n) is 3.35. The normalized spacial score (nSPS) is 10.4. The van der Waals surface area contributed by atoms with Gasteiger partial charge in [-0.2, -0.15) is 0 Å². The number of nitrogens with one attached hydrogen (secondary N) is 1. The predicted molar refractivity (Wildman–Crippen MR) is 55.0 cm³/mol. The van der Waals surface area contributed by atoms with Crippen molar-refractivity contribution >= 4 is 0 Å². The first-order valence-corrected chi connectivity index (χ1v) is 4.74. The predicted octanol–water partition coefficient (Wildman–Crippen LogP) is 1.90. The van der Waals surface area contributed by atoms with Crippen LogP contribution in [0.15, 0.2) is 30.7 Å². The second kappa shape index (κ2) is 4.05. The van der Waals surface area contributed by atoms with Gasteiger partial charge in [0.25, 0.3) is 0 Å². The SMILES string of the molecule is Cc1ncc(CCc2ccncc2)[nH]1. The van der Waals surface area contributed by atoms with Crippen LogP contribution in [-0.2, 0) is 12.8 Å². The summed E-state index contributed by atoms with van der Waals surface area (Å²) in [6, 6.07) is 4.09. The summed E-state index contributed by atoms with van der Waals surface area (Å²) in [6.07, 6.45) is 7.59. The van der Waals surface area contributed by atoms with Crippen LogP contribution in [0.25, 0.3) is 0 Å². The van der Waals surface area contributed by atoms with Crippen LogP contribution in [0.1, 0.15) is 17.1 Å². The third kappa shape index (κ3) is 2.19. The number of nitrogens with zero attached hydrogens (tertiary/aromatic N) is 2. The highest BCUT2D eigenvalue weighted by atomic mass is 14.9. The molecule has 2 rings (SSSR count). The molecule has 0 aliphatic rings. The number of H-pyrrole nitrogens is 1. The highest BCUT2D eigenvalue weighted by molar-refractivity contribution is 5.12. The van der Waals surface area contributed by atoms with Gasteiger partial charge in [-0.25, -0.2) is 4.98 Å². The van der Waals surface area contributed by atoms with Crippen molar-refractivity contribution < 1.29 is 0 Å². The number of pyridine rings is 1. The van der Waals surface area contributed by atoms with E-state index in [1.54, 1.807) is 0 Å². The van der Waals surface area contributed by atoms with Crippen molar-refractivity contribution in [3.05, 3.63) is 47.8 Å². The van der Waals surface area contributed by atoms with Gasteiger partial charge in [0.2, 0.25) is 0 Å². The fourth-order valence-corrected chi connectivity index (χ4v) is 1.43. The molecule has 3 nitrogen and oxygen atoms in total. The average Bonchev–Trinajstić information content (AvgIpc) is 2.63. The van der Waals surface area contributed by atoms with E-state index in [9.17, 15) is 0 Å². The molecule has 0 aliphatic heterocycles. The lowest BCUT2D eigenvalue weighted by Crippen LogP contribution is -1.91. The molecule has 2 heterocycles. The van der Waals surface area contributed by atoms with Gasteiger partial charge in [0.05, 0.1) is 0 Å². The highest BCUT2D eigenvalue weighted by Gasteiger charge is 1.97. The Kier molecular flexibility index (Phi) is 2.58. The lowest BCUT2D eigenvalue weighted by molar-refractivity contribution is 0.916. The molecule has 2 aromatic heterocycles. The molecule has 0 fully saturated rings. The number of hydrogen-bond acceptors (Lipinski definition) is 2. The van der Waals surface area contributed by atoms with Crippen LogP contribution in [0.2, 0.25) is 0 Å². The van der Waals surface area contributed by atoms with Gasteiger partial charge in [0.15, 0.2) is 0 Å². The van der Waals surface area contributed by atoms with Gasteiger partial charge >= 0.3 is 0 Å². The van der Waals surface area contributed by atoms with E-state index < -0.39 is 0 Å². The Hall–Kier alpha value is -1.64. The topological polar surface area (TPSA) is 41.6 Å². The molecule has 0 atom stereocenters. The first kappa shape index (κ1) is 8.94. The van der Waals surface area contributed by atoms with E-state index in [4.69, 9.17) is 0 Å². The number of aromatic amines is 1. The largest absolute Gasteiger partial charge is 0.346 e. The maximum Gasteiger partial charge on any atom is 0.103 e. The molecule has 14 heavy (non-hydrogen) atoms. The zero-order valence-corrected chi connectivity index (χ0v) is 8.20. The van der Waals surface area contributed by atoms with Crippen LogP contribution in [-0.4, -0.2) is 15.0 Å². The fraction of sp³-hybridized carbons (Fsp3) is 0.273. The van der Waals surface area contributed by atoms with Gasteiger partial charge in [-0.1, -0.05) is 0 Å². The van der Waals surface area contributed by atoms with Gasteiger partial charge in [-0.15, -0.1) is 0 Å². The van der Waals surface area contributed by atoms with Crippen LogP contribution in [0.3, 0.4) is 0 Å². The Bertz CT molecular complexity index is 392. The van der Waals surface area contributed by atoms with E-state index >= 15 is 0 Å². The van der Waals surface area contributed by atoms with Gasteiger partial charge in [0, 0.05) is 24.3 Å². The Balaban J connectivity index is 1.95. The Morgan fingerprint density at radius 2 is 2.00 bits per heavy atom. The number of rotatable bonds is 3. The molecule has 3 heteroatoms. The average molecular weight is 187 g/mol. The standard InChI is InChI=1S/C11H13N3/c1-9-13-8-11(14-9)3-2-10-4-6-12-7-5-10/h4-8H,2-3H2,1H3,(H,13,14). The van der Waals surface area contributed by atoms with Crippen molar-refractivity contribution in [3.63, 3.8) is 0 Å². The Morgan fingerprint density at radius 3 is 2.64 bits per heavy atom. The number of hydrogen-bond donors (Lipinski definition) is 1. The Morgan fingerprint density at radius 1 is 1.21 bits per heavy atom. The summed E-state index contributed by atoms with van der Waals surface area (Å²) >= 11 is 0. The van der Waals surface area contributed by atoms with Gasteiger partial charge in [-0.05, 0) is 37.5 Å². The molecule has 0 spiro atoms. The molecular weight excluding hydrogens is 174 g/mol. The lowest BCUT2D eigenvalue weighted by Gasteiger charge is -1.97. The van der Waals surface area contributed by atoms with Crippen molar-refractivity contribution in [2.75, 3.05) is 0 Å². The molecule has 0 bridgehead atoms. The summed E-state index contributed by atoms with van der Waals surface area (Å²) < 4.78 is 0. The number of imidazole rings is 1. The van der Waals surface area contributed by atoms with Crippen molar-refractivity contribution in [1.29, 1.82) is 0 Å². The summed E-state index contributed by atoms with van der Waals surface area (Å²) in [6.45, 7) is 1.97. The van der Waals surface area contributed by atoms with E-state index in [2.05, 4.69) is 15.0 Å². The Labute approximate surface area is 83.2 Å². The first-order chi connectivity index (χ1) is 6.84. The smallest absolute Gasteiger partial charge is 0.103 e. The van der Waals surface area contributed by atoms with Crippen molar-refractivity contribution in [3.8, 4) is 0 Å². The molecule has 0 aliphatic carbocycles. The third-order valence-corrected chi connectivity index (χ3v) is 2.19. The van der Waals surface area contributed by atoms with E-state index in [0.29, 0.717) is 0 Å². The van der Waals surface area contributed by atoms with Gasteiger partial charge < -0.3 is 4.98 Å². The van der Waals surface area contributed by atoms with Crippen LogP contribution < -0.4 is 0 Å². The van der Waals surface area contributed by atoms with Crippen LogP contribution in [0.4, 0.5) is 0 Å². The maximum absolute atomic E-state index is 4.16. The first-order valence-electron chi connectivity index (χ1n) is 4.74. The van der Waals surface area contributed by atoms with Crippen molar-refractivity contribution in [2.24, 2.45) is 0 Å². The van der Waals surface area contributed by atoms with Crippen LogP contribution in [0.5, 0.6) is 0 Å². The molecule has 0 aromatic carbocycles. The molecule has 0 unspecified atom stereocenters. The molecule has 1 N–H and O–H groups in total. The summed E-state index contributed by atoms with van der Waals surface area (Å²) in [7, 11) is 0. The van der Waals surface area contributed by atoms with E-state index in [1.807, 2.05) is 37.6 Å². The van der Waals surface area contributed by atoms with Crippen molar-refractivity contribution in [2.45, 2.75) is 19.8 Å². The van der Waals surface area contributed by atoms with E-state index in [-0.39, 0.29) is 0 Å². The van der Waals surface area contributed by atoms with Gasteiger partial charge in [0.1, 0.15) is 5.82 Å². The highest BCUT2D eigenvalue weighted by Crippen LogP contribution is 2.04. The van der Waals surface area contributed by atoms with E-state index in [0.717, 1.165) is 18.7 Å². The molecule has 2 aromatic rings. The van der Waals surface area contributed by atoms with E-state index in [1.165, 1.54) is 11.3 Å². The third-order valence-electron chi connectivity index (χ3n) is 2.19. The summed E-state index contributed by atoms with van der Waals surface area (Å²) in [4.78, 5) is 11.4. The minimum absolute atomic E-state index is 0.981. The number of aromatic nitrogens is 3. The molecular formula is C11H13N3. The quantitative estimate of drug-likeness (QED) is 0.797. The number of aryl methyl sites for hydroxylation is 3. The van der Waals surface area contributed by atoms with Crippen LogP contribution >= 0.6 is 0 Å². The molecule has 0 saturated heterocycles. The fourth-order valence-electron chi connectivity index (χ4n) is 1.43. The minimum Gasteiger partial charge on any atom is -0.346 e. The summed E-state index contributed by atoms with van der Waals surface area (Å²) in [5, 5.41) is 0. The molecule has 72 valence electrons. The van der Waals surface area contributed by atoms with Crippen molar-refractivity contribution in [1.82, 2.24) is 15.0 Å². The zero-order chi connectivity index (χ0) is 9.80. The molecule has 0 amide bonds. The maximum atomic E-state index is 4.16. The summed E-state index contributed by atoms with van der Waals surface area (Å²) in [5.41, 5.74) is 2.51. The summed E-state index contributed by atoms with van der Waals surface area (Å²) in [5.74, 6) is 0.981. The second-order valence-corrected chi connectivity index (χ2v) is 3.35. The van der Waals surface area contributed by atoms with Gasteiger partial charge in [-0.3, -0.25) is 4.98 Å². The zero-order valence-electron chi connectivity index (χ0n) is 8.20. The monoisotopic (exact) mass is 187 g/mol. The lowest BCUT2D eigenvalue weighted by atomic mass is 10.1. The van der Waals surface area contributed by atoms with Crippen LogP contribution in [0, 0.1) is 6.92 Å².